The Morgan fingerprint density at radius 2 is 1.73 bits per heavy atom. The second-order valence-corrected chi connectivity index (χ2v) is 12.3. The van der Waals surface area contributed by atoms with Crippen LogP contribution < -0.4 is 5.73 Å². The summed E-state index contributed by atoms with van der Waals surface area (Å²) in [5.74, 6) is -0.633. The summed E-state index contributed by atoms with van der Waals surface area (Å²) in [6.07, 6.45) is 1.14. The molecule has 1 heterocycles. The molecule has 1 aliphatic rings. The van der Waals surface area contributed by atoms with Crippen LogP contribution in [0.2, 0.25) is 5.02 Å². The van der Waals surface area contributed by atoms with Crippen LogP contribution in [0.15, 0.2) is 29.2 Å². The molecule has 2 rings (SSSR count). The lowest BCUT2D eigenvalue weighted by Gasteiger charge is -2.37. The van der Waals surface area contributed by atoms with E-state index >= 15 is 0 Å². The molecule has 2 amide bonds. The first-order valence-electron chi connectivity index (χ1n) is 11.3. The highest BCUT2D eigenvalue weighted by atomic mass is 35.5. The Bertz CT molecular complexity index is 920. The van der Waals surface area contributed by atoms with E-state index in [9.17, 15) is 18.0 Å². The number of primary amides is 1. The maximum Gasteiger partial charge on any atom is 0.410 e. The molecule has 33 heavy (non-hydrogen) atoms. The van der Waals surface area contributed by atoms with Crippen LogP contribution in [0.3, 0.4) is 0 Å². The highest BCUT2D eigenvalue weighted by Gasteiger charge is 2.38. The van der Waals surface area contributed by atoms with Gasteiger partial charge in [-0.1, -0.05) is 25.4 Å². The first kappa shape index (κ1) is 27.4. The van der Waals surface area contributed by atoms with Gasteiger partial charge in [0.05, 0.1) is 4.90 Å². The molecule has 0 unspecified atom stereocenters. The summed E-state index contributed by atoms with van der Waals surface area (Å²) in [5, 5.41) is 0.420. The molecule has 1 aliphatic heterocycles. The monoisotopic (exact) mass is 501 g/mol. The molecular weight excluding hydrogens is 466 g/mol. The minimum Gasteiger partial charge on any atom is -0.444 e. The number of nitrogens with two attached hydrogens (primary N) is 1. The molecule has 10 heteroatoms. The zero-order valence-corrected chi connectivity index (χ0v) is 21.7. The number of rotatable bonds is 8. The van der Waals surface area contributed by atoms with Crippen LogP contribution in [-0.2, 0) is 19.6 Å². The van der Waals surface area contributed by atoms with E-state index in [0.29, 0.717) is 37.4 Å². The Morgan fingerprint density at radius 1 is 1.18 bits per heavy atom. The van der Waals surface area contributed by atoms with E-state index in [1.807, 2.05) is 34.6 Å². The number of ether oxygens (including phenoxy) is 1. The fourth-order valence-corrected chi connectivity index (χ4v) is 5.64. The van der Waals surface area contributed by atoms with Gasteiger partial charge in [-0.3, -0.25) is 4.79 Å². The van der Waals surface area contributed by atoms with Gasteiger partial charge in [-0.05, 0) is 76.1 Å². The molecule has 0 radical (unpaired) electrons. The van der Waals surface area contributed by atoms with Crippen molar-refractivity contribution >= 4 is 33.6 Å². The second kappa shape index (κ2) is 11.1. The number of nitrogens with zero attached hydrogens (tertiary/aromatic N) is 2. The summed E-state index contributed by atoms with van der Waals surface area (Å²) in [5.41, 5.74) is 5.09. The van der Waals surface area contributed by atoms with Crippen LogP contribution in [0.25, 0.3) is 0 Å². The van der Waals surface area contributed by atoms with E-state index in [4.69, 9.17) is 22.1 Å². The number of amides is 2. The van der Waals surface area contributed by atoms with Crippen molar-refractivity contribution in [3.05, 3.63) is 29.3 Å². The predicted molar refractivity (Wildman–Crippen MR) is 128 cm³/mol. The van der Waals surface area contributed by atoms with Crippen molar-refractivity contribution in [2.45, 2.75) is 70.4 Å². The van der Waals surface area contributed by atoms with Crippen molar-refractivity contribution in [2.75, 3.05) is 19.6 Å². The summed E-state index contributed by atoms with van der Waals surface area (Å²) < 4.78 is 33.8. The molecule has 1 aromatic carbocycles. The zero-order valence-electron chi connectivity index (χ0n) is 20.1. The highest BCUT2D eigenvalue weighted by molar-refractivity contribution is 7.89. The number of piperidine rings is 1. The number of halogens is 1. The highest BCUT2D eigenvalue weighted by Crippen LogP contribution is 2.28. The van der Waals surface area contributed by atoms with Gasteiger partial charge in [-0.25, -0.2) is 13.2 Å². The normalized spacial score (nSPS) is 16.8. The summed E-state index contributed by atoms with van der Waals surface area (Å²) in [6, 6.07) is 4.92. The third-order valence-corrected chi connectivity index (χ3v) is 7.64. The summed E-state index contributed by atoms with van der Waals surface area (Å²) in [6.45, 7) is 10.3. The number of sulfonamides is 1. The second-order valence-electron chi connectivity index (χ2n) is 9.99. The van der Waals surface area contributed by atoms with Gasteiger partial charge in [-0.2, -0.15) is 4.31 Å². The molecule has 186 valence electrons. The van der Waals surface area contributed by atoms with Crippen molar-refractivity contribution < 1.29 is 22.7 Å². The SMILES string of the molecule is CC(C)C[C@@H](C(N)=O)N(CC1CCN(C(=O)OC(C)(C)C)CC1)S(=O)(=O)c1ccc(Cl)cc1. The number of likely N-dealkylation sites (tertiary alicyclic amines) is 1. The molecule has 1 aromatic rings. The van der Waals surface area contributed by atoms with Crippen molar-refractivity contribution in [1.29, 1.82) is 0 Å². The lowest BCUT2D eigenvalue weighted by Crippen LogP contribution is -2.51. The molecule has 8 nitrogen and oxygen atoms in total. The van der Waals surface area contributed by atoms with Gasteiger partial charge in [0, 0.05) is 24.7 Å². The first-order chi connectivity index (χ1) is 15.2. The van der Waals surface area contributed by atoms with Gasteiger partial charge in [0.15, 0.2) is 0 Å². The number of carbonyl (C=O) groups excluding carboxylic acids is 2. The molecule has 1 saturated heterocycles. The summed E-state index contributed by atoms with van der Waals surface area (Å²) >= 11 is 5.93. The Labute approximate surface area is 202 Å². The maximum absolute atomic E-state index is 13.6. The van der Waals surface area contributed by atoms with E-state index in [2.05, 4.69) is 0 Å². The van der Waals surface area contributed by atoms with Crippen LogP contribution in [0.5, 0.6) is 0 Å². The van der Waals surface area contributed by atoms with E-state index < -0.39 is 27.6 Å². The van der Waals surface area contributed by atoms with Gasteiger partial charge in [-0.15, -0.1) is 0 Å². The number of hydrogen-bond donors (Lipinski definition) is 1. The first-order valence-corrected chi connectivity index (χ1v) is 13.1. The average molecular weight is 502 g/mol. The number of benzene rings is 1. The smallest absolute Gasteiger partial charge is 0.410 e. The molecule has 0 bridgehead atoms. The molecule has 1 atom stereocenters. The van der Waals surface area contributed by atoms with E-state index in [0.717, 1.165) is 0 Å². The van der Waals surface area contributed by atoms with Crippen LogP contribution in [0.1, 0.15) is 53.9 Å². The van der Waals surface area contributed by atoms with Gasteiger partial charge in [0.25, 0.3) is 0 Å². The van der Waals surface area contributed by atoms with Crippen molar-refractivity contribution in [2.24, 2.45) is 17.6 Å². The molecular formula is C23H36ClN3O5S. The zero-order chi connectivity index (χ0) is 25.0. The van der Waals surface area contributed by atoms with Gasteiger partial charge < -0.3 is 15.4 Å². The van der Waals surface area contributed by atoms with Gasteiger partial charge >= 0.3 is 6.09 Å². The van der Waals surface area contributed by atoms with E-state index in [1.165, 1.54) is 28.6 Å². The molecule has 2 N–H and O–H groups in total. The molecule has 1 fully saturated rings. The molecule has 0 aliphatic carbocycles. The standard InChI is InChI=1S/C23H36ClN3O5S/c1-16(2)14-20(21(25)28)27(33(30,31)19-8-6-18(24)7-9-19)15-17-10-12-26(13-11-17)22(29)32-23(3,4)5/h6-9,16-17,20H,10-15H2,1-5H3,(H2,25,28)/t20-/m0/s1. The van der Waals surface area contributed by atoms with E-state index in [-0.39, 0.29) is 29.4 Å². The van der Waals surface area contributed by atoms with Gasteiger partial charge in [0.1, 0.15) is 11.6 Å². The molecule has 0 aromatic heterocycles. The largest absolute Gasteiger partial charge is 0.444 e. The minimum absolute atomic E-state index is 0.0280. The minimum atomic E-state index is -3.99. The fraction of sp³-hybridized carbons (Fsp3) is 0.652. The maximum atomic E-state index is 13.6. The molecule has 0 spiro atoms. The van der Waals surface area contributed by atoms with Crippen LogP contribution in [0.4, 0.5) is 4.79 Å². The van der Waals surface area contributed by atoms with Crippen molar-refractivity contribution in [3.63, 3.8) is 0 Å². The number of carbonyl (C=O) groups is 2. The third kappa shape index (κ3) is 7.86. The van der Waals surface area contributed by atoms with Crippen LogP contribution >= 0.6 is 11.6 Å². The topological polar surface area (TPSA) is 110 Å². The Balaban J connectivity index is 2.24. The van der Waals surface area contributed by atoms with Gasteiger partial charge in [0.2, 0.25) is 15.9 Å². The fourth-order valence-electron chi connectivity index (χ4n) is 3.84. The lowest BCUT2D eigenvalue weighted by molar-refractivity contribution is -0.122. The summed E-state index contributed by atoms with van der Waals surface area (Å²) in [4.78, 5) is 26.4. The van der Waals surface area contributed by atoms with Crippen LogP contribution in [0, 0.1) is 11.8 Å². The molecule has 0 saturated carbocycles. The van der Waals surface area contributed by atoms with E-state index in [1.54, 1.807) is 4.90 Å². The third-order valence-electron chi connectivity index (χ3n) is 5.50. The summed E-state index contributed by atoms with van der Waals surface area (Å²) in [7, 11) is -3.99. The average Bonchev–Trinajstić information content (AvgIpc) is 2.69. The Morgan fingerprint density at radius 3 is 2.18 bits per heavy atom. The Hall–Kier alpha value is -1.84. The van der Waals surface area contributed by atoms with Crippen molar-refractivity contribution in [1.82, 2.24) is 9.21 Å². The lowest BCUT2D eigenvalue weighted by atomic mass is 9.95. The quantitative estimate of drug-likeness (QED) is 0.581. The van der Waals surface area contributed by atoms with Crippen LogP contribution in [-0.4, -0.2) is 60.9 Å². The van der Waals surface area contributed by atoms with Crippen molar-refractivity contribution in [3.8, 4) is 0 Å². The number of hydrogen-bond acceptors (Lipinski definition) is 5. The predicted octanol–water partition coefficient (Wildman–Crippen LogP) is 3.88. The Kier molecular flexibility index (Phi) is 9.18.